The minimum atomic E-state index is 0.741. The lowest BCUT2D eigenvalue weighted by Gasteiger charge is -2.23. The van der Waals surface area contributed by atoms with Crippen molar-refractivity contribution in [1.29, 1.82) is 0 Å². The Morgan fingerprint density at radius 2 is 2.25 bits per heavy atom. The highest BCUT2D eigenvalue weighted by molar-refractivity contribution is 9.09. The van der Waals surface area contributed by atoms with Crippen LogP contribution in [0.1, 0.15) is 20.3 Å². The molecule has 0 radical (unpaired) electrons. The fourth-order valence-corrected chi connectivity index (χ4v) is 1.89. The van der Waals surface area contributed by atoms with Crippen LogP contribution in [0.2, 0.25) is 0 Å². The SMILES string of the molecule is CCCOc1cccnc1N(CC)CCBr. The van der Waals surface area contributed by atoms with E-state index in [0.717, 1.165) is 43.0 Å². The average molecular weight is 287 g/mol. The number of nitrogens with zero attached hydrogens (tertiary/aromatic N) is 2. The number of halogens is 1. The highest BCUT2D eigenvalue weighted by Gasteiger charge is 2.10. The predicted molar refractivity (Wildman–Crippen MR) is 71.7 cm³/mol. The van der Waals surface area contributed by atoms with Gasteiger partial charge in [0.05, 0.1) is 6.61 Å². The summed E-state index contributed by atoms with van der Waals surface area (Å²) in [5.74, 6) is 1.82. The summed E-state index contributed by atoms with van der Waals surface area (Å²) in [7, 11) is 0. The first-order valence-electron chi connectivity index (χ1n) is 5.72. The molecule has 0 aliphatic rings. The Balaban J connectivity index is 2.82. The summed E-state index contributed by atoms with van der Waals surface area (Å²) in [6.45, 7) is 6.85. The summed E-state index contributed by atoms with van der Waals surface area (Å²) in [5, 5.41) is 0.935. The first-order valence-corrected chi connectivity index (χ1v) is 6.84. The van der Waals surface area contributed by atoms with Crippen molar-refractivity contribution in [3.63, 3.8) is 0 Å². The molecule has 0 atom stereocenters. The monoisotopic (exact) mass is 286 g/mol. The second kappa shape index (κ2) is 7.49. The van der Waals surface area contributed by atoms with Crippen LogP contribution in [-0.4, -0.2) is 30.0 Å². The molecule has 0 spiro atoms. The summed E-state index contributed by atoms with van der Waals surface area (Å²) in [6.07, 6.45) is 2.82. The summed E-state index contributed by atoms with van der Waals surface area (Å²) in [5.41, 5.74) is 0. The van der Waals surface area contributed by atoms with E-state index in [1.54, 1.807) is 0 Å². The highest BCUT2D eigenvalue weighted by atomic mass is 79.9. The van der Waals surface area contributed by atoms with Gasteiger partial charge in [-0.3, -0.25) is 0 Å². The molecule has 1 aromatic heterocycles. The fraction of sp³-hybridized carbons (Fsp3) is 0.583. The molecule has 0 saturated carbocycles. The Labute approximate surface area is 106 Å². The van der Waals surface area contributed by atoms with Crippen LogP contribution in [0.15, 0.2) is 18.3 Å². The van der Waals surface area contributed by atoms with Gasteiger partial charge >= 0.3 is 0 Å². The molecule has 0 unspecified atom stereocenters. The lowest BCUT2D eigenvalue weighted by molar-refractivity contribution is 0.316. The third kappa shape index (κ3) is 3.67. The molecule has 0 bridgehead atoms. The standard InChI is InChI=1S/C12H19BrN2O/c1-3-10-16-11-6-5-8-14-12(11)15(4-2)9-7-13/h5-6,8H,3-4,7,9-10H2,1-2H3. The second-order valence-corrected chi connectivity index (χ2v) is 4.24. The van der Waals surface area contributed by atoms with Crippen molar-refractivity contribution in [3.05, 3.63) is 18.3 Å². The van der Waals surface area contributed by atoms with Gasteiger partial charge in [0.25, 0.3) is 0 Å². The van der Waals surface area contributed by atoms with Gasteiger partial charge in [-0.05, 0) is 25.5 Å². The number of alkyl halides is 1. The maximum atomic E-state index is 5.70. The summed E-state index contributed by atoms with van der Waals surface area (Å²) < 4.78 is 5.70. The number of anilines is 1. The average Bonchev–Trinajstić information content (AvgIpc) is 2.34. The highest BCUT2D eigenvalue weighted by Crippen LogP contribution is 2.25. The molecule has 0 aliphatic heterocycles. The van der Waals surface area contributed by atoms with E-state index in [1.807, 2.05) is 18.3 Å². The molecule has 16 heavy (non-hydrogen) atoms. The topological polar surface area (TPSA) is 25.4 Å². The van der Waals surface area contributed by atoms with Gasteiger partial charge in [0.2, 0.25) is 0 Å². The molecule has 0 aliphatic carbocycles. The quantitative estimate of drug-likeness (QED) is 0.721. The van der Waals surface area contributed by atoms with Gasteiger partial charge in [-0.15, -0.1) is 0 Å². The normalized spacial score (nSPS) is 10.2. The number of aromatic nitrogens is 1. The number of rotatable bonds is 7. The molecule has 0 fully saturated rings. The van der Waals surface area contributed by atoms with Crippen LogP contribution in [0.25, 0.3) is 0 Å². The lowest BCUT2D eigenvalue weighted by Crippen LogP contribution is -2.26. The van der Waals surface area contributed by atoms with Crippen molar-refractivity contribution in [1.82, 2.24) is 4.98 Å². The molecular weight excluding hydrogens is 268 g/mol. The van der Waals surface area contributed by atoms with Crippen LogP contribution in [0.5, 0.6) is 5.75 Å². The molecule has 3 nitrogen and oxygen atoms in total. The van der Waals surface area contributed by atoms with Crippen molar-refractivity contribution >= 4 is 21.7 Å². The van der Waals surface area contributed by atoms with Gasteiger partial charge in [-0.25, -0.2) is 4.98 Å². The van der Waals surface area contributed by atoms with Crippen LogP contribution in [0, 0.1) is 0 Å². The largest absolute Gasteiger partial charge is 0.490 e. The van der Waals surface area contributed by atoms with E-state index >= 15 is 0 Å². The first kappa shape index (κ1) is 13.3. The van der Waals surface area contributed by atoms with E-state index in [0.29, 0.717) is 0 Å². The third-order valence-corrected chi connectivity index (χ3v) is 2.60. The number of hydrogen-bond acceptors (Lipinski definition) is 3. The molecule has 1 rings (SSSR count). The van der Waals surface area contributed by atoms with Crippen molar-refractivity contribution in [2.45, 2.75) is 20.3 Å². The van der Waals surface area contributed by atoms with E-state index in [4.69, 9.17) is 4.74 Å². The van der Waals surface area contributed by atoms with Crippen LogP contribution in [0.3, 0.4) is 0 Å². The van der Waals surface area contributed by atoms with Crippen LogP contribution < -0.4 is 9.64 Å². The van der Waals surface area contributed by atoms with E-state index in [9.17, 15) is 0 Å². The summed E-state index contributed by atoms with van der Waals surface area (Å²) in [6, 6.07) is 3.89. The Morgan fingerprint density at radius 3 is 2.88 bits per heavy atom. The van der Waals surface area contributed by atoms with Crippen molar-refractivity contribution in [3.8, 4) is 5.75 Å². The maximum absolute atomic E-state index is 5.70. The Hall–Kier alpha value is -0.770. The molecule has 4 heteroatoms. The molecule has 0 N–H and O–H groups in total. The van der Waals surface area contributed by atoms with Crippen LogP contribution in [0.4, 0.5) is 5.82 Å². The molecule has 1 aromatic rings. The zero-order valence-electron chi connectivity index (χ0n) is 9.95. The smallest absolute Gasteiger partial charge is 0.171 e. The summed E-state index contributed by atoms with van der Waals surface area (Å²) >= 11 is 3.46. The van der Waals surface area contributed by atoms with E-state index < -0.39 is 0 Å². The zero-order valence-corrected chi connectivity index (χ0v) is 11.5. The van der Waals surface area contributed by atoms with E-state index in [2.05, 4.69) is 39.7 Å². The summed E-state index contributed by atoms with van der Waals surface area (Å²) in [4.78, 5) is 6.61. The Kier molecular flexibility index (Phi) is 6.23. The van der Waals surface area contributed by atoms with Crippen molar-refractivity contribution in [2.24, 2.45) is 0 Å². The van der Waals surface area contributed by atoms with Crippen molar-refractivity contribution < 1.29 is 4.74 Å². The maximum Gasteiger partial charge on any atom is 0.171 e. The van der Waals surface area contributed by atoms with Gasteiger partial charge in [0.15, 0.2) is 11.6 Å². The van der Waals surface area contributed by atoms with Gasteiger partial charge in [0.1, 0.15) is 0 Å². The molecule has 0 amide bonds. The van der Waals surface area contributed by atoms with E-state index in [1.165, 1.54) is 0 Å². The van der Waals surface area contributed by atoms with Gasteiger partial charge in [-0.2, -0.15) is 0 Å². The lowest BCUT2D eigenvalue weighted by atomic mass is 10.3. The predicted octanol–water partition coefficient (Wildman–Crippen LogP) is 3.09. The van der Waals surface area contributed by atoms with E-state index in [-0.39, 0.29) is 0 Å². The fourth-order valence-electron chi connectivity index (χ4n) is 1.46. The molecule has 1 heterocycles. The number of pyridine rings is 1. The Morgan fingerprint density at radius 1 is 1.44 bits per heavy atom. The Bertz CT molecular complexity index is 307. The van der Waals surface area contributed by atoms with Crippen LogP contribution in [-0.2, 0) is 0 Å². The van der Waals surface area contributed by atoms with Crippen molar-refractivity contribution in [2.75, 3.05) is 29.9 Å². The first-order chi connectivity index (χ1) is 7.83. The molecule has 0 aromatic carbocycles. The minimum absolute atomic E-state index is 0.741. The molecule has 0 saturated heterocycles. The third-order valence-electron chi connectivity index (χ3n) is 2.25. The number of hydrogen-bond donors (Lipinski definition) is 0. The van der Waals surface area contributed by atoms with Gasteiger partial charge in [0, 0.05) is 24.6 Å². The number of ether oxygens (including phenoxy) is 1. The minimum Gasteiger partial charge on any atom is -0.490 e. The second-order valence-electron chi connectivity index (χ2n) is 3.44. The molecular formula is C12H19BrN2O. The zero-order chi connectivity index (χ0) is 11.8. The van der Waals surface area contributed by atoms with Crippen LogP contribution >= 0.6 is 15.9 Å². The molecule has 90 valence electrons. The van der Waals surface area contributed by atoms with Gasteiger partial charge < -0.3 is 9.64 Å². The van der Waals surface area contributed by atoms with Gasteiger partial charge in [-0.1, -0.05) is 22.9 Å².